The molecule has 0 bridgehead atoms. The number of carbonyl (C=O) groups is 1. The Bertz CT molecular complexity index is 517. The van der Waals surface area contributed by atoms with E-state index in [1.807, 2.05) is 0 Å². The summed E-state index contributed by atoms with van der Waals surface area (Å²) in [6, 6.07) is 2.11. The lowest BCUT2D eigenvalue weighted by atomic mass is 9.98. The third kappa shape index (κ3) is 2.59. The van der Waals surface area contributed by atoms with Crippen molar-refractivity contribution in [2.24, 2.45) is 5.92 Å². The summed E-state index contributed by atoms with van der Waals surface area (Å²) in [7, 11) is 0. The number of carbonyl (C=O) groups excluding carboxylic acids is 1. The minimum Gasteiger partial charge on any atom is -0.493 e. The minimum atomic E-state index is 0.104. The average molecular weight is 289 g/mol. The number of hydrogen-bond donors (Lipinski definition) is 1. The van der Waals surface area contributed by atoms with Crippen LogP contribution in [0.1, 0.15) is 43.4 Å². The van der Waals surface area contributed by atoms with Gasteiger partial charge in [-0.3, -0.25) is 4.79 Å². The van der Waals surface area contributed by atoms with E-state index in [1.165, 1.54) is 11.1 Å². The number of nitrogens with one attached hydrogen (secondary N) is 1. The molecule has 114 valence electrons. The van der Waals surface area contributed by atoms with Crippen LogP contribution in [0.2, 0.25) is 0 Å². The molecule has 1 aromatic rings. The van der Waals surface area contributed by atoms with Gasteiger partial charge in [-0.1, -0.05) is 13.8 Å². The van der Waals surface area contributed by atoms with Crippen LogP contribution < -0.4 is 14.8 Å². The van der Waals surface area contributed by atoms with Crippen LogP contribution in [0.5, 0.6) is 11.5 Å². The molecule has 0 aliphatic carbocycles. The van der Waals surface area contributed by atoms with E-state index in [-0.39, 0.29) is 11.8 Å². The number of hydrogen-bond acceptors (Lipinski definition) is 3. The summed E-state index contributed by atoms with van der Waals surface area (Å²) in [6.07, 6.45) is 3.60. The van der Waals surface area contributed by atoms with E-state index in [2.05, 4.69) is 25.2 Å². The molecule has 4 nitrogen and oxygen atoms in total. The Labute approximate surface area is 125 Å². The van der Waals surface area contributed by atoms with Gasteiger partial charge in [0, 0.05) is 42.0 Å². The Balaban J connectivity index is 1.81. The van der Waals surface area contributed by atoms with Crippen molar-refractivity contribution in [1.29, 1.82) is 0 Å². The summed E-state index contributed by atoms with van der Waals surface area (Å²) >= 11 is 0. The van der Waals surface area contributed by atoms with E-state index in [4.69, 9.17) is 9.47 Å². The third-order valence-electron chi connectivity index (χ3n) is 4.56. The molecule has 1 aromatic carbocycles. The molecule has 0 spiro atoms. The maximum Gasteiger partial charge on any atom is 0.223 e. The molecule has 0 saturated heterocycles. The second-order valence-electron chi connectivity index (χ2n) is 5.75. The molecule has 0 radical (unpaired) electrons. The Morgan fingerprint density at radius 3 is 2.76 bits per heavy atom. The van der Waals surface area contributed by atoms with E-state index in [0.29, 0.717) is 6.54 Å². The van der Waals surface area contributed by atoms with Gasteiger partial charge in [-0.2, -0.15) is 0 Å². The van der Waals surface area contributed by atoms with Crippen molar-refractivity contribution in [3.63, 3.8) is 0 Å². The lowest BCUT2D eigenvalue weighted by molar-refractivity contribution is -0.125. The van der Waals surface area contributed by atoms with Crippen molar-refractivity contribution in [3.8, 4) is 11.5 Å². The van der Waals surface area contributed by atoms with Crippen LogP contribution in [0.4, 0.5) is 0 Å². The van der Waals surface area contributed by atoms with Crippen molar-refractivity contribution in [1.82, 2.24) is 5.32 Å². The molecule has 2 aliphatic heterocycles. The van der Waals surface area contributed by atoms with E-state index in [1.54, 1.807) is 0 Å². The van der Waals surface area contributed by atoms with Gasteiger partial charge in [0.1, 0.15) is 11.5 Å². The number of benzene rings is 1. The van der Waals surface area contributed by atoms with Crippen LogP contribution >= 0.6 is 0 Å². The average Bonchev–Trinajstić information content (AvgIpc) is 3.12. The molecule has 0 unspecified atom stereocenters. The van der Waals surface area contributed by atoms with Crippen molar-refractivity contribution in [3.05, 3.63) is 22.8 Å². The van der Waals surface area contributed by atoms with E-state index < -0.39 is 0 Å². The summed E-state index contributed by atoms with van der Waals surface area (Å²) in [4.78, 5) is 12.2. The number of rotatable bonds is 5. The van der Waals surface area contributed by atoms with Gasteiger partial charge in [-0.05, 0) is 18.9 Å². The van der Waals surface area contributed by atoms with Crippen LogP contribution in [0.25, 0.3) is 0 Å². The van der Waals surface area contributed by atoms with Gasteiger partial charge in [0.25, 0.3) is 0 Å². The first-order chi connectivity index (χ1) is 10.2. The van der Waals surface area contributed by atoms with Crippen molar-refractivity contribution >= 4 is 5.91 Å². The lowest BCUT2D eigenvalue weighted by Crippen LogP contribution is -2.30. The first-order valence-corrected chi connectivity index (χ1v) is 7.95. The zero-order valence-electron chi connectivity index (χ0n) is 12.8. The quantitative estimate of drug-likeness (QED) is 0.906. The monoisotopic (exact) mass is 289 g/mol. The summed E-state index contributed by atoms with van der Waals surface area (Å²) in [5.74, 6) is 2.20. The van der Waals surface area contributed by atoms with E-state index >= 15 is 0 Å². The van der Waals surface area contributed by atoms with Gasteiger partial charge in [0.2, 0.25) is 5.91 Å². The van der Waals surface area contributed by atoms with Crippen LogP contribution in [-0.2, 0) is 24.2 Å². The van der Waals surface area contributed by atoms with Crippen molar-refractivity contribution in [2.45, 2.75) is 46.1 Å². The molecule has 0 fully saturated rings. The van der Waals surface area contributed by atoms with E-state index in [9.17, 15) is 4.79 Å². The Morgan fingerprint density at radius 2 is 2.00 bits per heavy atom. The molecule has 21 heavy (non-hydrogen) atoms. The molecular formula is C17H23NO3. The molecule has 3 rings (SSSR count). The van der Waals surface area contributed by atoms with Gasteiger partial charge in [0.05, 0.1) is 13.2 Å². The zero-order valence-corrected chi connectivity index (χ0v) is 12.8. The molecule has 2 aliphatic rings. The Morgan fingerprint density at radius 1 is 1.24 bits per heavy atom. The fourth-order valence-electron chi connectivity index (χ4n) is 3.25. The normalized spacial score (nSPS) is 15.4. The largest absolute Gasteiger partial charge is 0.493 e. The standard InChI is InChI=1S/C17H23NO3/c1-3-11(4-2)17(19)18-10-14-13-6-8-20-15(13)9-12-5-7-21-16(12)14/h9,11H,3-8,10H2,1-2H3,(H,18,19). The van der Waals surface area contributed by atoms with Crippen LogP contribution in [0, 0.1) is 5.92 Å². The van der Waals surface area contributed by atoms with Gasteiger partial charge in [-0.15, -0.1) is 0 Å². The predicted molar refractivity (Wildman–Crippen MR) is 80.8 cm³/mol. The van der Waals surface area contributed by atoms with Gasteiger partial charge < -0.3 is 14.8 Å². The van der Waals surface area contributed by atoms with Gasteiger partial charge in [-0.25, -0.2) is 0 Å². The predicted octanol–water partition coefficient (Wildman–Crippen LogP) is 2.61. The SMILES string of the molecule is CCC(CC)C(=O)NCc1c2c(cc3c1OCC3)OCC2. The van der Waals surface area contributed by atoms with Crippen LogP contribution in [-0.4, -0.2) is 19.1 Å². The topological polar surface area (TPSA) is 47.6 Å². The molecule has 2 heterocycles. The Hall–Kier alpha value is -1.71. The fraction of sp³-hybridized carbons (Fsp3) is 0.588. The highest BCUT2D eigenvalue weighted by molar-refractivity contribution is 5.78. The van der Waals surface area contributed by atoms with E-state index in [0.717, 1.165) is 56.0 Å². The first kappa shape index (κ1) is 14.2. The summed E-state index contributed by atoms with van der Waals surface area (Å²) < 4.78 is 11.5. The maximum absolute atomic E-state index is 12.2. The second-order valence-corrected chi connectivity index (χ2v) is 5.75. The second kappa shape index (κ2) is 5.96. The molecule has 0 atom stereocenters. The summed E-state index contributed by atoms with van der Waals surface area (Å²) in [6.45, 7) is 6.12. The number of amides is 1. The molecule has 0 saturated carbocycles. The lowest BCUT2D eigenvalue weighted by Gasteiger charge is -2.16. The molecule has 0 aromatic heterocycles. The molecule has 4 heteroatoms. The molecule has 1 amide bonds. The minimum absolute atomic E-state index is 0.104. The van der Waals surface area contributed by atoms with Crippen LogP contribution in [0.3, 0.4) is 0 Å². The molecular weight excluding hydrogens is 266 g/mol. The van der Waals surface area contributed by atoms with Crippen LogP contribution in [0.15, 0.2) is 6.07 Å². The third-order valence-corrected chi connectivity index (χ3v) is 4.56. The smallest absolute Gasteiger partial charge is 0.223 e. The highest BCUT2D eigenvalue weighted by atomic mass is 16.5. The molecule has 1 N–H and O–H groups in total. The maximum atomic E-state index is 12.2. The number of fused-ring (bicyclic) bond motifs is 2. The summed E-state index contributed by atoms with van der Waals surface area (Å²) in [5, 5.41) is 3.09. The van der Waals surface area contributed by atoms with Crippen molar-refractivity contribution < 1.29 is 14.3 Å². The number of ether oxygens (including phenoxy) is 2. The van der Waals surface area contributed by atoms with Gasteiger partial charge >= 0.3 is 0 Å². The first-order valence-electron chi connectivity index (χ1n) is 7.95. The fourth-order valence-corrected chi connectivity index (χ4v) is 3.25. The highest BCUT2D eigenvalue weighted by Gasteiger charge is 2.26. The Kier molecular flexibility index (Phi) is 4.04. The van der Waals surface area contributed by atoms with Crippen molar-refractivity contribution in [2.75, 3.05) is 13.2 Å². The highest BCUT2D eigenvalue weighted by Crippen LogP contribution is 2.40. The van der Waals surface area contributed by atoms with Gasteiger partial charge in [0.15, 0.2) is 0 Å². The summed E-state index contributed by atoms with van der Waals surface area (Å²) in [5.41, 5.74) is 3.54. The zero-order chi connectivity index (χ0) is 14.8.